The number of hydrogen-bond acceptors (Lipinski definition) is 5. The lowest BCUT2D eigenvalue weighted by molar-refractivity contribution is -0.159. The predicted molar refractivity (Wildman–Crippen MR) is 154 cm³/mol. The number of rotatable bonds is 7. The molecule has 6 heteroatoms. The number of fused-ring (bicyclic) bond motifs is 5. The first-order valence-corrected chi connectivity index (χ1v) is 15.9. The number of amides is 1. The molecular formula is C32H48N2O3S. The van der Waals surface area contributed by atoms with Crippen LogP contribution >= 0.6 is 11.3 Å². The second-order valence-corrected chi connectivity index (χ2v) is 15.0. The van der Waals surface area contributed by atoms with Crippen LogP contribution in [0.3, 0.4) is 0 Å². The lowest BCUT2D eigenvalue weighted by atomic mass is 9.44. The maximum Gasteiger partial charge on any atom is 0.220 e. The third-order valence-electron chi connectivity index (χ3n) is 11.7. The molecule has 38 heavy (non-hydrogen) atoms. The van der Waals surface area contributed by atoms with E-state index in [-0.39, 0.29) is 34.6 Å². The molecule has 0 spiro atoms. The second kappa shape index (κ2) is 10.4. The minimum atomic E-state index is 0.0617. The number of anilines is 1. The van der Waals surface area contributed by atoms with Crippen LogP contribution in [-0.4, -0.2) is 31.6 Å². The lowest BCUT2D eigenvalue weighted by Gasteiger charge is -2.59. The van der Waals surface area contributed by atoms with Crippen LogP contribution in [0.1, 0.15) is 103 Å². The Kier molecular flexibility index (Phi) is 7.60. The van der Waals surface area contributed by atoms with Crippen molar-refractivity contribution in [3.63, 3.8) is 0 Å². The molecule has 1 aromatic heterocycles. The van der Waals surface area contributed by atoms with Gasteiger partial charge in [-0.2, -0.15) is 0 Å². The number of nitrogens with one attached hydrogen (secondary N) is 1. The fourth-order valence-electron chi connectivity index (χ4n) is 9.53. The van der Waals surface area contributed by atoms with Crippen molar-refractivity contribution in [3.8, 4) is 0 Å². The summed E-state index contributed by atoms with van der Waals surface area (Å²) in [6.45, 7) is 9.25. The molecule has 0 radical (unpaired) electrons. The predicted octanol–water partition coefficient (Wildman–Crippen LogP) is 6.81. The third-order valence-corrected chi connectivity index (χ3v) is 13.1. The Bertz CT molecular complexity index is 1080. The zero-order valence-electron chi connectivity index (χ0n) is 24.3. The number of carbonyl (C=O) groups excluding carboxylic acids is 3. The van der Waals surface area contributed by atoms with Crippen molar-refractivity contribution in [3.05, 3.63) is 17.0 Å². The molecular weight excluding hydrogens is 492 g/mol. The molecule has 0 aromatic carbocycles. The molecule has 210 valence electrons. The monoisotopic (exact) mass is 540 g/mol. The maximum absolute atomic E-state index is 13.6. The first-order valence-electron chi connectivity index (χ1n) is 15.1. The molecule has 4 aliphatic rings. The Labute approximate surface area is 233 Å². The van der Waals surface area contributed by atoms with Gasteiger partial charge in [0.15, 0.2) is 0 Å². The molecule has 5 nitrogen and oxygen atoms in total. The summed E-state index contributed by atoms with van der Waals surface area (Å²) in [5.41, 5.74) is 0.267. The average molecular weight is 541 g/mol. The summed E-state index contributed by atoms with van der Waals surface area (Å²) in [4.78, 5) is 42.4. The van der Waals surface area contributed by atoms with Crippen LogP contribution in [0.5, 0.6) is 0 Å². The number of nitrogens with zero attached hydrogens (tertiary/aromatic N) is 1. The van der Waals surface area contributed by atoms with E-state index in [1.165, 1.54) is 9.88 Å². The van der Waals surface area contributed by atoms with Gasteiger partial charge < -0.3 is 10.2 Å². The zero-order valence-corrected chi connectivity index (χ0v) is 25.2. The highest BCUT2D eigenvalue weighted by atomic mass is 32.1. The van der Waals surface area contributed by atoms with E-state index in [2.05, 4.69) is 64.1 Å². The van der Waals surface area contributed by atoms with Crippen molar-refractivity contribution in [2.45, 2.75) is 97.9 Å². The highest BCUT2D eigenvalue weighted by Crippen LogP contribution is 2.67. The Hall–Kier alpha value is -1.69. The maximum atomic E-state index is 13.6. The molecule has 1 amide bonds. The van der Waals surface area contributed by atoms with Gasteiger partial charge in [0.25, 0.3) is 0 Å². The molecule has 0 bridgehead atoms. The molecule has 0 saturated heterocycles. The van der Waals surface area contributed by atoms with Crippen LogP contribution in [-0.2, 0) is 14.4 Å². The topological polar surface area (TPSA) is 66.5 Å². The number of hydrogen-bond donors (Lipinski definition) is 1. The van der Waals surface area contributed by atoms with Gasteiger partial charge in [0.2, 0.25) is 5.91 Å². The molecule has 0 aliphatic heterocycles. The van der Waals surface area contributed by atoms with Gasteiger partial charge in [-0.15, -0.1) is 11.3 Å². The van der Waals surface area contributed by atoms with Crippen LogP contribution < -0.4 is 10.2 Å². The summed E-state index contributed by atoms with van der Waals surface area (Å²) in [6.07, 6.45) is 8.81. The van der Waals surface area contributed by atoms with Crippen molar-refractivity contribution < 1.29 is 14.4 Å². The SMILES string of the molecule is CC[C@@H](NC(=O)C[C@@H](C)C1CC[C@H]2[C@@H]3C(=O)C[C@@H]4CC(=O)CC[C@]4(C)[C@H]3CC[C@]12C)c1ccc(N(C)C)s1. The van der Waals surface area contributed by atoms with E-state index in [9.17, 15) is 14.4 Å². The fraction of sp³-hybridized carbons (Fsp3) is 0.781. The Morgan fingerprint density at radius 2 is 1.82 bits per heavy atom. The summed E-state index contributed by atoms with van der Waals surface area (Å²) in [5.74, 6) is 3.00. The first-order chi connectivity index (χ1) is 18.0. The van der Waals surface area contributed by atoms with Crippen molar-refractivity contribution in [2.24, 2.45) is 46.3 Å². The van der Waals surface area contributed by atoms with Crippen LogP contribution in [0.15, 0.2) is 12.1 Å². The van der Waals surface area contributed by atoms with Gasteiger partial charge in [-0.05, 0) is 91.1 Å². The van der Waals surface area contributed by atoms with Gasteiger partial charge in [0, 0.05) is 50.6 Å². The highest BCUT2D eigenvalue weighted by molar-refractivity contribution is 7.16. The lowest BCUT2D eigenvalue weighted by Crippen LogP contribution is -2.57. The second-order valence-electron chi connectivity index (χ2n) is 13.9. The van der Waals surface area contributed by atoms with Gasteiger partial charge in [-0.1, -0.05) is 27.7 Å². The molecule has 4 saturated carbocycles. The van der Waals surface area contributed by atoms with E-state index < -0.39 is 0 Å². The first kappa shape index (κ1) is 27.9. The third kappa shape index (κ3) is 4.67. The van der Waals surface area contributed by atoms with Gasteiger partial charge in [-0.25, -0.2) is 0 Å². The van der Waals surface area contributed by atoms with E-state index >= 15 is 0 Å². The van der Waals surface area contributed by atoms with Gasteiger partial charge in [0.1, 0.15) is 11.6 Å². The van der Waals surface area contributed by atoms with E-state index in [0.29, 0.717) is 60.9 Å². The minimum absolute atomic E-state index is 0.0617. The molecule has 1 unspecified atom stereocenters. The molecule has 1 N–H and O–H groups in total. The van der Waals surface area contributed by atoms with Crippen molar-refractivity contribution in [1.82, 2.24) is 5.32 Å². The number of Topliss-reactive ketones (excluding diaryl/α,β-unsaturated/α-hetero) is 2. The van der Waals surface area contributed by atoms with E-state index in [1.54, 1.807) is 11.3 Å². The summed E-state index contributed by atoms with van der Waals surface area (Å²) < 4.78 is 0. The summed E-state index contributed by atoms with van der Waals surface area (Å²) in [6, 6.07) is 4.34. The summed E-state index contributed by atoms with van der Waals surface area (Å²) in [7, 11) is 4.10. The van der Waals surface area contributed by atoms with Gasteiger partial charge >= 0.3 is 0 Å². The van der Waals surface area contributed by atoms with E-state index in [4.69, 9.17) is 0 Å². The molecule has 9 atom stereocenters. The van der Waals surface area contributed by atoms with Crippen LogP contribution in [0.2, 0.25) is 0 Å². The average Bonchev–Trinajstić information content (AvgIpc) is 3.48. The summed E-state index contributed by atoms with van der Waals surface area (Å²) in [5, 5.41) is 4.54. The van der Waals surface area contributed by atoms with Crippen LogP contribution in [0.4, 0.5) is 5.00 Å². The Morgan fingerprint density at radius 1 is 1.08 bits per heavy atom. The fourth-order valence-corrected chi connectivity index (χ4v) is 10.6. The molecule has 5 rings (SSSR count). The van der Waals surface area contributed by atoms with E-state index in [1.807, 2.05) is 0 Å². The van der Waals surface area contributed by atoms with Crippen molar-refractivity contribution >= 4 is 33.8 Å². The molecule has 4 fully saturated rings. The van der Waals surface area contributed by atoms with Gasteiger partial charge in [0.05, 0.1) is 11.0 Å². The molecule has 1 heterocycles. The van der Waals surface area contributed by atoms with Crippen LogP contribution in [0.25, 0.3) is 0 Å². The van der Waals surface area contributed by atoms with Crippen LogP contribution in [0, 0.1) is 46.3 Å². The minimum Gasteiger partial charge on any atom is -0.370 e. The largest absolute Gasteiger partial charge is 0.370 e. The Morgan fingerprint density at radius 3 is 2.50 bits per heavy atom. The van der Waals surface area contributed by atoms with Crippen molar-refractivity contribution in [2.75, 3.05) is 19.0 Å². The van der Waals surface area contributed by atoms with E-state index in [0.717, 1.165) is 38.5 Å². The highest BCUT2D eigenvalue weighted by Gasteiger charge is 2.63. The number of ketones is 2. The number of thiophene rings is 1. The van der Waals surface area contributed by atoms with Gasteiger partial charge in [-0.3, -0.25) is 14.4 Å². The Balaban J connectivity index is 1.26. The summed E-state index contributed by atoms with van der Waals surface area (Å²) >= 11 is 1.75. The standard InChI is InChI=1S/C32H48N2O3S/c1-7-25(27-10-11-29(38-27)34(5)6)33-28(37)16-19(2)22-8-9-23-30-24(13-15-32(22,23)4)31(3)14-12-21(35)17-20(31)18-26(30)36/h10-11,19-20,22-25,30H,7-9,12-18H2,1-6H3,(H,33,37)/t19-,20+,22?,23+,24+,25-,30+,31+,32-/m1/s1. The quantitative estimate of drug-likeness (QED) is 0.412. The zero-order chi connectivity index (χ0) is 27.4. The number of carbonyl (C=O) groups is 3. The molecule has 1 aromatic rings. The molecule has 4 aliphatic carbocycles. The normalized spacial score (nSPS) is 38.1. The smallest absolute Gasteiger partial charge is 0.220 e. The van der Waals surface area contributed by atoms with Crippen molar-refractivity contribution in [1.29, 1.82) is 0 Å².